The van der Waals surface area contributed by atoms with Gasteiger partial charge in [-0.3, -0.25) is 0 Å². The normalized spacial score (nSPS) is 14.7. The SMILES string of the molecule is NC1CCN(c2c(-c3cc(Cl)cc(Cl)c3)nnc3ccc(-c4cc(F)c5[nH]c(=O)[nH]c5c4)cc23)CC1. The number of benzene rings is 3. The molecule has 0 bridgehead atoms. The number of hydrogen-bond donors (Lipinski definition) is 3. The van der Waals surface area contributed by atoms with Crippen LogP contribution in [-0.2, 0) is 0 Å². The number of rotatable bonds is 3. The van der Waals surface area contributed by atoms with Gasteiger partial charge < -0.3 is 20.6 Å². The van der Waals surface area contributed by atoms with E-state index in [-0.39, 0.29) is 11.6 Å². The maximum Gasteiger partial charge on any atom is 0.323 e. The molecule has 10 heteroatoms. The molecule has 36 heavy (non-hydrogen) atoms. The Balaban J connectivity index is 1.58. The molecular weight excluding hydrogens is 502 g/mol. The van der Waals surface area contributed by atoms with Crippen LogP contribution in [0.25, 0.3) is 44.3 Å². The molecule has 3 aromatic carbocycles. The smallest absolute Gasteiger partial charge is 0.323 e. The minimum atomic E-state index is -0.506. The van der Waals surface area contributed by atoms with Crippen molar-refractivity contribution in [3.63, 3.8) is 0 Å². The molecule has 1 aliphatic heterocycles. The molecule has 6 rings (SSSR count). The highest BCUT2D eigenvalue weighted by atomic mass is 35.5. The molecule has 1 saturated heterocycles. The third-order valence-electron chi connectivity index (χ3n) is 6.64. The van der Waals surface area contributed by atoms with E-state index in [2.05, 4.69) is 25.1 Å². The van der Waals surface area contributed by atoms with Crippen LogP contribution in [-0.4, -0.2) is 39.3 Å². The van der Waals surface area contributed by atoms with Crippen LogP contribution in [0.2, 0.25) is 10.0 Å². The Morgan fingerprint density at radius 3 is 2.42 bits per heavy atom. The van der Waals surface area contributed by atoms with E-state index in [1.54, 1.807) is 12.1 Å². The Morgan fingerprint density at radius 2 is 1.67 bits per heavy atom. The van der Waals surface area contributed by atoms with Gasteiger partial charge in [-0.25, -0.2) is 9.18 Å². The second kappa shape index (κ2) is 8.89. The lowest BCUT2D eigenvalue weighted by molar-refractivity contribution is 0.502. The van der Waals surface area contributed by atoms with Gasteiger partial charge in [0.15, 0.2) is 0 Å². The zero-order valence-electron chi connectivity index (χ0n) is 19.0. The molecule has 0 spiro atoms. The number of fused-ring (bicyclic) bond motifs is 2. The Labute approximate surface area is 215 Å². The second-order valence-corrected chi connectivity index (χ2v) is 9.94. The van der Waals surface area contributed by atoms with E-state index in [4.69, 9.17) is 28.9 Å². The Bertz CT molecular complexity index is 1670. The van der Waals surface area contributed by atoms with Crippen LogP contribution in [0, 0.1) is 5.82 Å². The molecule has 0 radical (unpaired) electrons. The predicted octanol–water partition coefficient (Wildman–Crippen LogP) is 5.51. The molecule has 0 unspecified atom stereocenters. The number of nitrogens with one attached hydrogen (secondary N) is 2. The van der Waals surface area contributed by atoms with Crippen molar-refractivity contribution in [1.29, 1.82) is 0 Å². The van der Waals surface area contributed by atoms with Crippen molar-refractivity contribution in [3.8, 4) is 22.4 Å². The summed E-state index contributed by atoms with van der Waals surface area (Å²) in [6, 6.07) is 14.4. The number of nitrogens with zero attached hydrogens (tertiary/aromatic N) is 3. The van der Waals surface area contributed by atoms with Crippen molar-refractivity contribution in [2.45, 2.75) is 18.9 Å². The van der Waals surface area contributed by atoms with Gasteiger partial charge in [0.1, 0.15) is 17.0 Å². The second-order valence-electron chi connectivity index (χ2n) is 9.07. The largest absolute Gasteiger partial charge is 0.369 e. The number of nitrogens with two attached hydrogens (primary N) is 1. The van der Waals surface area contributed by atoms with E-state index in [9.17, 15) is 9.18 Å². The van der Waals surface area contributed by atoms with Gasteiger partial charge in [0.25, 0.3) is 0 Å². The third kappa shape index (κ3) is 4.11. The number of hydrogen-bond acceptors (Lipinski definition) is 5. The monoisotopic (exact) mass is 522 g/mol. The highest BCUT2D eigenvalue weighted by molar-refractivity contribution is 6.35. The first kappa shape index (κ1) is 23.0. The summed E-state index contributed by atoms with van der Waals surface area (Å²) in [4.78, 5) is 19.1. The Hall–Kier alpha value is -3.46. The van der Waals surface area contributed by atoms with Crippen LogP contribution in [0.3, 0.4) is 0 Å². The fourth-order valence-corrected chi connectivity index (χ4v) is 5.39. The highest BCUT2D eigenvalue weighted by Crippen LogP contribution is 2.39. The van der Waals surface area contributed by atoms with Crippen LogP contribution in [0.15, 0.2) is 53.3 Å². The molecule has 0 atom stereocenters. The van der Waals surface area contributed by atoms with Gasteiger partial charge in [0, 0.05) is 40.1 Å². The number of H-pyrrole nitrogens is 2. The summed E-state index contributed by atoms with van der Waals surface area (Å²) >= 11 is 12.6. The lowest BCUT2D eigenvalue weighted by Crippen LogP contribution is -2.40. The molecule has 2 aromatic heterocycles. The van der Waals surface area contributed by atoms with E-state index < -0.39 is 11.5 Å². The first-order valence-electron chi connectivity index (χ1n) is 11.5. The number of anilines is 1. The van der Waals surface area contributed by atoms with E-state index in [1.165, 1.54) is 6.07 Å². The van der Waals surface area contributed by atoms with Crippen molar-refractivity contribution in [2.75, 3.05) is 18.0 Å². The van der Waals surface area contributed by atoms with Crippen molar-refractivity contribution in [1.82, 2.24) is 20.2 Å². The molecule has 5 aromatic rings. The van der Waals surface area contributed by atoms with Gasteiger partial charge in [0.2, 0.25) is 0 Å². The van der Waals surface area contributed by atoms with Gasteiger partial charge >= 0.3 is 5.69 Å². The maximum atomic E-state index is 14.8. The van der Waals surface area contributed by atoms with E-state index in [1.807, 2.05) is 30.3 Å². The maximum absolute atomic E-state index is 14.8. The van der Waals surface area contributed by atoms with Crippen LogP contribution < -0.4 is 16.3 Å². The summed E-state index contributed by atoms with van der Waals surface area (Å²) in [5.74, 6) is -0.506. The molecule has 1 aliphatic rings. The molecule has 0 amide bonds. The topological polar surface area (TPSA) is 104 Å². The Kier molecular flexibility index (Phi) is 5.67. The van der Waals surface area contributed by atoms with Gasteiger partial charge in [-0.15, -0.1) is 10.2 Å². The molecule has 3 heterocycles. The van der Waals surface area contributed by atoms with Crippen LogP contribution in [0.1, 0.15) is 12.8 Å². The zero-order chi connectivity index (χ0) is 25.0. The third-order valence-corrected chi connectivity index (χ3v) is 7.07. The van der Waals surface area contributed by atoms with Crippen LogP contribution in [0.5, 0.6) is 0 Å². The predicted molar refractivity (Wildman–Crippen MR) is 142 cm³/mol. The summed E-state index contributed by atoms with van der Waals surface area (Å²) in [5, 5.41) is 10.9. The standard InChI is InChI=1S/C26H21Cl2FN6O/c27-16-7-15(8-17(28)12-16)23-25(35-5-3-18(30)4-6-35)19-9-13(1-2-21(19)33-34-23)14-10-20(29)24-22(11-14)31-26(36)32-24/h1-2,7-12,18H,3-6,30H2,(H2,31,32,36). The highest BCUT2D eigenvalue weighted by Gasteiger charge is 2.24. The lowest BCUT2D eigenvalue weighted by atomic mass is 9.98. The van der Waals surface area contributed by atoms with Crippen molar-refractivity contribution in [2.24, 2.45) is 5.73 Å². The summed E-state index contributed by atoms with van der Waals surface area (Å²) in [6.07, 6.45) is 1.70. The van der Waals surface area contributed by atoms with Crippen molar-refractivity contribution >= 4 is 50.8 Å². The molecule has 1 fully saturated rings. The molecule has 182 valence electrons. The number of piperidine rings is 1. The Morgan fingerprint density at radius 1 is 0.917 bits per heavy atom. The quantitative estimate of drug-likeness (QED) is 0.290. The lowest BCUT2D eigenvalue weighted by Gasteiger charge is -2.33. The van der Waals surface area contributed by atoms with Gasteiger partial charge in [-0.05, 0) is 66.4 Å². The zero-order valence-corrected chi connectivity index (χ0v) is 20.5. The minimum absolute atomic E-state index is 0.153. The van der Waals surface area contributed by atoms with E-state index in [0.717, 1.165) is 48.1 Å². The summed E-state index contributed by atoms with van der Waals surface area (Å²) in [6.45, 7) is 1.53. The first-order valence-corrected chi connectivity index (χ1v) is 12.3. The minimum Gasteiger partial charge on any atom is -0.369 e. The summed E-state index contributed by atoms with van der Waals surface area (Å²) < 4.78 is 14.8. The number of aromatic nitrogens is 4. The number of imidazole rings is 1. The van der Waals surface area contributed by atoms with Gasteiger partial charge in [-0.2, -0.15) is 0 Å². The van der Waals surface area contributed by atoms with Crippen molar-refractivity contribution < 1.29 is 4.39 Å². The van der Waals surface area contributed by atoms with E-state index in [0.29, 0.717) is 32.3 Å². The molecule has 0 aliphatic carbocycles. The summed E-state index contributed by atoms with van der Waals surface area (Å²) in [7, 11) is 0. The van der Waals surface area contributed by atoms with Crippen LogP contribution >= 0.6 is 23.2 Å². The average molecular weight is 523 g/mol. The van der Waals surface area contributed by atoms with Crippen LogP contribution in [0.4, 0.5) is 10.1 Å². The molecule has 0 saturated carbocycles. The first-order chi connectivity index (χ1) is 17.4. The molecule has 4 N–H and O–H groups in total. The molecular formula is C26H21Cl2FN6O. The summed E-state index contributed by atoms with van der Waals surface area (Å²) in [5.41, 5.74) is 10.7. The van der Waals surface area contributed by atoms with Gasteiger partial charge in [-0.1, -0.05) is 29.3 Å². The fraction of sp³-hybridized carbons (Fsp3) is 0.192. The number of aromatic amines is 2. The van der Waals surface area contributed by atoms with Crippen molar-refractivity contribution in [3.05, 3.63) is 74.9 Å². The van der Waals surface area contributed by atoms with E-state index >= 15 is 0 Å². The molecule has 7 nitrogen and oxygen atoms in total. The fourth-order valence-electron chi connectivity index (χ4n) is 4.87. The number of halogens is 3. The average Bonchev–Trinajstić information content (AvgIpc) is 3.24. The van der Waals surface area contributed by atoms with Gasteiger partial charge in [0.05, 0.1) is 16.7 Å².